The molecule has 0 saturated carbocycles. The van der Waals surface area contributed by atoms with Crippen molar-refractivity contribution in [3.8, 4) is 11.5 Å². The van der Waals surface area contributed by atoms with Crippen LogP contribution >= 0.6 is 0 Å². The van der Waals surface area contributed by atoms with Crippen molar-refractivity contribution in [2.45, 2.75) is 0 Å². The molecule has 0 spiro atoms. The lowest BCUT2D eigenvalue weighted by Gasteiger charge is -2.14. The molecular weight excluding hydrogens is 348 g/mol. The molecule has 0 fully saturated rings. The Balaban J connectivity index is 1.75. The normalized spacial score (nSPS) is 11.4. The summed E-state index contributed by atoms with van der Waals surface area (Å²) in [6, 6.07) is 15.4. The average Bonchev–Trinajstić information content (AvgIpc) is 3.04. The Labute approximate surface area is 153 Å². The van der Waals surface area contributed by atoms with Gasteiger partial charge in [-0.2, -0.15) is 0 Å². The van der Waals surface area contributed by atoms with Gasteiger partial charge in [-0.3, -0.25) is 15.1 Å². The van der Waals surface area contributed by atoms with Crippen molar-refractivity contribution in [2.75, 3.05) is 7.11 Å². The highest BCUT2D eigenvalue weighted by atomic mass is 16.6. The van der Waals surface area contributed by atoms with Crippen LogP contribution in [0.25, 0.3) is 21.9 Å². The van der Waals surface area contributed by atoms with Gasteiger partial charge in [0.15, 0.2) is 0 Å². The van der Waals surface area contributed by atoms with E-state index in [1.54, 1.807) is 12.1 Å². The van der Waals surface area contributed by atoms with Crippen molar-refractivity contribution < 1.29 is 19.2 Å². The minimum atomic E-state index is -0.584. The van der Waals surface area contributed by atoms with Crippen molar-refractivity contribution in [1.29, 1.82) is 0 Å². The zero-order chi connectivity index (χ0) is 19.0. The summed E-state index contributed by atoms with van der Waals surface area (Å²) in [6.07, 6.45) is 1.29. The number of methoxy groups -OCH3 is 1. The molecule has 0 atom stereocenters. The number of nitro groups is 1. The van der Waals surface area contributed by atoms with Gasteiger partial charge in [0.2, 0.25) is 0 Å². The summed E-state index contributed by atoms with van der Waals surface area (Å²) in [5, 5.41) is 25.3. The van der Waals surface area contributed by atoms with Crippen molar-refractivity contribution in [2.24, 2.45) is 4.99 Å². The first-order valence-corrected chi connectivity index (χ1v) is 8.05. The largest absolute Gasteiger partial charge is 0.870 e. The molecule has 1 aromatic heterocycles. The monoisotopic (exact) mass is 361 g/mol. The molecule has 4 aromatic rings. The molecule has 3 aromatic carbocycles. The van der Waals surface area contributed by atoms with E-state index in [4.69, 9.17) is 9.15 Å². The van der Waals surface area contributed by atoms with Gasteiger partial charge in [-0.15, -0.1) is 0 Å². The van der Waals surface area contributed by atoms with E-state index in [-0.39, 0.29) is 17.0 Å². The molecular formula is C20H13N2O5-. The lowest BCUT2D eigenvalue weighted by molar-refractivity contribution is -0.385. The van der Waals surface area contributed by atoms with Crippen molar-refractivity contribution >= 4 is 39.5 Å². The fourth-order valence-corrected chi connectivity index (χ4v) is 2.90. The second-order valence-corrected chi connectivity index (χ2v) is 5.86. The highest BCUT2D eigenvalue weighted by Crippen LogP contribution is 2.33. The van der Waals surface area contributed by atoms with Gasteiger partial charge in [0.1, 0.15) is 16.9 Å². The van der Waals surface area contributed by atoms with Crippen molar-refractivity contribution in [3.63, 3.8) is 0 Å². The van der Waals surface area contributed by atoms with E-state index in [2.05, 4.69) is 4.99 Å². The van der Waals surface area contributed by atoms with Crippen molar-refractivity contribution in [1.82, 2.24) is 0 Å². The molecule has 134 valence electrons. The fourth-order valence-electron chi connectivity index (χ4n) is 2.90. The minimum absolute atomic E-state index is 0.0748. The number of hydrogen-bond acceptors (Lipinski definition) is 6. The molecule has 1 heterocycles. The number of para-hydroxylation sites is 1. The van der Waals surface area contributed by atoms with Gasteiger partial charge in [0.25, 0.3) is 5.69 Å². The zero-order valence-electron chi connectivity index (χ0n) is 14.2. The molecule has 0 amide bonds. The SMILES string of the molecule is COc1cc([N+](=O)[O-])cc(C=Nc2ccc3c(c2)oc2ccccc23)c1[O-]. The summed E-state index contributed by atoms with van der Waals surface area (Å²) in [7, 11) is 1.29. The van der Waals surface area contributed by atoms with Gasteiger partial charge in [-0.1, -0.05) is 23.9 Å². The van der Waals surface area contributed by atoms with Gasteiger partial charge < -0.3 is 14.3 Å². The molecule has 0 aliphatic heterocycles. The van der Waals surface area contributed by atoms with Crippen molar-refractivity contribution in [3.05, 3.63) is 70.3 Å². The first kappa shape index (κ1) is 16.6. The number of furan rings is 1. The Morgan fingerprint density at radius 3 is 2.63 bits per heavy atom. The van der Waals surface area contributed by atoms with E-state index < -0.39 is 10.7 Å². The molecule has 0 N–H and O–H groups in total. The number of nitrogens with zero attached hydrogens (tertiary/aromatic N) is 2. The second-order valence-electron chi connectivity index (χ2n) is 5.86. The maximum Gasteiger partial charge on any atom is 0.273 e. The Bertz CT molecular complexity index is 1210. The van der Waals surface area contributed by atoms with Crippen LogP contribution in [0.4, 0.5) is 11.4 Å². The number of nitro benzene ring substituents is 1. The smallest absolute Gasteiger partial charge is 0.273 e. The summed E-state index contributed by atoms with van der Waals surface area (Å²) < 4.78 is 10.7. The third kappa shape index (κ3) is 2.95. The third-order valence-corrected chi connectivity index (χ3v) is 4.21. The number of hydrogen-bond donors (Lipinski definition) is 0. The van der Waals surface area contributed by atoms with Crippen LogP contribution in [0.5, 0.6) is 11.5 Å². The average molecular weight is 361 g/mol. The molecule has 7 nitrogen and oxygen atoms in total. The number of benzene rings is 3. The van der Waals surface area contributed by atoms with Gasteiger partial charge >= 0.3 is 0 Å². The standard InChI is InChI=1S/C20H14N2O5/c1-26-19-10-14(22(24)25)8-12(20(19)23)11-21-13-6-7-16-15-4-2-3-5-17(15)27-18(16)9-13/h2-11,23H,1H3/p-1. The van der Waals surface area contributed by atoms with Crippen LogP contribution in [-0.2, 0) is 0 Å². The van der Waals surface area contributed by atoms with Crippen LogP contribution in [0.1, 0.15) is 5.56 Å². The topological polar surface area (TPSA) is 101 Å². The number of rotatable bonds is 4. The van der Waals surface area contributed by atoms with Crippen LogP contribution in [0, 0.1) is 10.1 Å². The molecule has 0 unspecified atom stereocenters. The summed E-state index contributed by atoms with van der Waals surface area (Å²) in [4.78, 5) is 14.7. The molecule has 0 radical (unpaired) electrons. The van der Waals surface area contributed by atoms with Gasteiger partial charge in [0.05, 0.1) is 23.8 Å². The summed E-state index contributed by atoms with van der Waals surface area (Å²) in [5.41, 5.74) is 1.85. The van der Waals surface area contributed by atoms with E-state index in [0.29, 0.717) is 11.3 Å². The van der Waals surface area contributed by atoms with Crippen LogP contribution < -0.4 is 9.84 Å². The number of non-ortho nitro benzene ring substituents is 1. The molecule has 0 saturated heterocycles. The third-order valence-electron chi connectivity index (χ3n) is 4.21. The molecule has 0 aliphatic rings. The second kappa shape index (κ2) is 6.45. The van der Waals surface area contributed by atoms with E-state index in [0.717, 1.165) is 22.4 Å². The van der Waals surface area contributed by atoms with Crippen LogP contribution in [0.2, 0.25) is 0 Å². The number of ether oxygens (including phenoxy) is 1. The summed E-state index contributed by atoms with van der Waals surface area (Å²) in [5.74, 6) is -0.560. The highest BCUT2D eigenvalue weighted by Gasteiger charge is 2.11. The Morgan fingerprint density at radius 2 is 1.85 bits per heavy atom. The first-order valence-electron chi connectivity index (χ1n) is 8.05. The van der Waals surface area contributed by atoms with Crippen LogP contribution in [-0.4, -0.2) is 18.2 Å². The number of fused-ring (bicyclic) bond motifs is 3. The zero-order valence-corrected chi connectivity index (χ0v) is 14.2. The maximum absolute atomic E-state index is 12.3. The molecule has 0 bridgehead atoms. The summed E-state index contributed by atoms with van der Waals surface area (Å²) >= 11 is 0. The highest BCUT2D eigenvalue weighted by molar-refractivity contribution is 6.05. The lowest BCUT2D eigenvalue weighted by Crippen LogP contribution is -2.02. The fraction of sp³-hybridized carbons (Fsp3) is 0.0500. The Morgan fingerprint density at radius 1 is 1.07 bits per heavy atom. The van der Waals surface area contributed by atoms with E-state index >= 15 is 0 Å². The quantitative estimate of drug-likeness (QED) is 0.306. The predicted molar refractivity (Wildman–Crippen MR) is 100 cm³/mol. The molecule has 7 heteroatoms. The Hall–Kier alpha value is -3.87. The van der Waals surface area contributed by atoms with Crippen LogP contribution in [0.3, 0.4) is 0 Å². The first-order chi connectivity index (χ1) is 13.1. The predicted octanol–water partition coefficient (Wildman–Crippen LogP) is 4.33. The van der Waals surface area contributed by atoms with E-state index in [9.17, 15) is 15.2 Å². The maximum atomic E-state index is 12.3. The van der Waals surface area contributed by atoms with Crippen LogP contribution in [0.15, 0.2) is 64.0 Å². The Kier molecular flexibility index (Phi) is 3.97. The van der Waals surface area contributed by atoms with E-state index in [1.807, 2.05) is 30.3 Å². The lowest BCUT2D eigenvalue weighted by atomic mass is 10.1. The van der Waals surface area contributed by atoms with Gasteiger partial charge in [0, 0.05) is 29.1 Å². The summed E-state index contributed by atoms with van der Waals surface area (Å²) in [6.45, 7) is 0. The molecule has 0 aliphatic carbocycles. The minimum Gasteiger partial charge on any atom is -0.870 e. The molecule has 4 rings (SSSR count). The van der Waals surface area contributed by atoms with Gasteiger partial charge in [-0.25, -0.2) is 0 Å². The van der Waals surface area contributed by atoms with Gasteiger partial charge in [-0.05, 0) is 23.8 Å². The molecule has 27 heavy (non-hydrogen) atoms. The van der Waals surface area contributed by atoms with E-state index in [1.165, 1.54) is 19.4 Å². The number of aliphatic imine (C=N–C) groups is 1.